The largest absolute Gasteiger partial charge is 0.506 e. The van der Waals surface area contributed by atoms with E-state index in [0.29, 0.717) is 24.4 Å². The van der Waals surface area contributed by atoms with E-state index in [9.17, 15) is 10.2 Å². The van der Waals surface area contributed by atoms with E-state index >= 15 is 0 Å². The number of hydrogen-bond donors (Lipinski definition) is 3. The van der Waals surface area contributed by atoms with Crippen molar-refractivity contribution in [3.63, 3.8) is 0 Å². The molecule has 1 aliphatic rings. The van der Waals surface area contributed by atoms with E-state index in [-0.39, 0.29) is 17.3 Å². The third-order valence-corrected chi connectivity index (χ3v) is 3.51. The molecule has 1 aromatic rings. The van der Waals surface area contributed by atoms with Gasteiger partial charge in [0.1, 0.15) is 5.75 Å². The molecule has 0 amide bonds. The molecular formula is C11H14ClNO2. The molecule has 3 nitrogen and oxygen atoms in total. The quantitative estimate of drug-likeness (QED) is 0.716. The number of benzene rings is 1. The van der Waals surface area contributed by atoms with E-state index in [4.69, 9.17) is 17.3 Å². The number of aromatic hydroxyl groups is 1. The van der Waals surface area contributed by atoms with E-state index in [0.717, 1.165) is 5.56 Å². The number of phenolic OH excluding ortho intramolecular Hbond substituents is 1. The number of nitrogens with two attached hydrogens (primary N) is 1. The molecule has 2 rings (SSSR count). The fourth-order valence-electron chi connectivity index (χ4n) is 2.20. The average Bonchev–Trinajstić information content (AvgIpc) is 2.17. The van der Waals surface area contributed by atoms with E-state index in [1.54, 1.807) is 12.1 Å². The second kappa shape index (κ2) is 3.67. The highest BCUT2D eigenvalue weighted by atomic mass is 35.5. The van der Waals surface area contributed by atoms with Gasteiger partial charge in [-0.15, -0.1) is 0 Å². The lowest BCUT2D eigenvalue weighted by Gasteiger charge is -2.45. The maximum absolute atomic E-state index is 9.36. The molecule has 0 aliphatic heterocycles. The van der Waals surface area contributed by atoms with E-state index in [2.05, 4.69) is 0 Å². The normalized spacial score (nSPS) is 29.9. The van der Waals surface area contributed by atoms with Crippen molar-refractivity contribution < 1.29 is 10.2 Å². The van der Waals surface area contributed by atoms with Gasteiger partial charge in [-0.2, -0.15) is 0 Å². The second-order valence-corrected chi connectivity index (χ2v) is 4.62. The van der Waals surface area contributed by atoms with Crippen LogP contribution in [0.25, 0.3) is 0 Å². The molecule has 1 aliphatic carbocycles. The van der Waals surface area contributed by atoms with Crippen molar-refractivity contribution in [3.05, 3.63) is 28.8 Å². The molecular weight excluding hydrogens is 214 g/mol. The van der Waals surface area contributed by atoms with Crippen LogP contribution in [0.1, 0.15) is 18.4 Å². The zero-order valence-electron chi connectivity index (χ0n) is 8.28. The van der Waals surface area contributed by atoms with Gasteiger partial charge in [-0.25, -0.2) is 0 Å². The molecule has 1 aromatic carbocycles. The minimum absolute atomic E-state index is 0.0764. The second-order valence-electron chi connectivity index (χ2n) is 4.21. The summed E-state index contributed by atoms with van der Waals surface area (Å²) in [6.07, 6.45) is 1.08. The molecule has 0 heterocycles. The zero-order chi connectivity index (χ0) is 11.1. The number of hydrogen-bond acceptors (Lipinski definition) is 3. The highest BCUT2D eigenvalue weighted by Gasteiger charge is 2.43. The van der Waals surface area contributed by atoms with Crippen LogP contribution < -0.4 is 5.73 Å². The lowest BCUT2D eigenvalue weighted by Crippen LogP contribution is -2.49. The maximum atomic E-state index is 9.36. The van der Waals surface area contributed by atoms with Crippen molar-refractivity contribution in [3.8, 4) is 5.75 Å². The Morgan fingerprint density at radius 2 is 2.13 bits per heavy atom. The number of rotatable bonds is 2. The van der Waals surface area contributed by atoms with Gasteiger partial charge in [0.15, 0.2) is 0 Å². The van der Waals surface area contributed by atoms with Crippen LogP contribution in [0, 0.1) is 0 Å². The van der Waals surface area contributed by atoms with E-state index in [1.807, 2.05) is 6.07 Å². The minimum atomic E-state index is -0.263. The first-order valence-corrected chi connectivity index (χ1v) is 5.32. The Morgan fingerprint density at radius 1 is 1.47 bits per heavy atom. The highest BCUT2D eigenvalue weighted by molar-refractivity contribution is 6.32. The van der Waals surface area contributed by atoms with Gasteiger partial charge in [0.25, 0.3) is 0 Å². The minimum Gasteiger partial charge on any atom is -0.506 e. The van der Waals surface area contributed by atoms with Crippen LogP contribution in [-0.2, 0) is 5.41 Å². The van der Waals surface area contributed by atoms with Crippen molar-refractivity contribution in [2.75, 3.05) is 6.54 Å². The van der Waals surface area contributed by atoms with Gasteiger partial charge >= 0.3 is 0 Å². The predicted molar refractivity (Wildman–Crippen MR) is 59.1 cm³/mol. The van der Waals surface area contributed by atoms with Gasteiger partial charge in [0, 0.05) is 12.0 Å². The number of halogens is 1. The van der Waals surface area contributed by atoms with Crippen LogP contribution in [0.5, 0.6) is 5.75 Å². The van der Waals surface area contributed by atoms with Crippen molar-refractivity contribution >= 4 is 11.6 Å². The molecule has 82 valence electrons. The Morgan fingerprint density at radius 3 is 2.60 bits per heavy atom. The number of aliphatic hydroxyl groups is 1. The summed E-state index contributed by atoms with van der Waals surface area (Å²) in [7, 11) is 0. The molecule has 0 bridgehead atoms. The third-order valence-electron chi connectivity index (χ3n) is 3.20. The highest BCUT2D eigenvalue weighted by Crippen LogP contribution is 2.44. The van der Waals surface area contributed by atoms with E-state index in [1.165, 1.54) is 0 Å². The van der Waals surface area contributed by atoms with Crippen molar-refractivity contribution in [2.45, 2.75) is 24.4 Å². The molecule has 15 heavy (non-hydrogen) atoms. The van der Waals surface area contributed by atoms with Gasteiger partial charge in [-0.3, -0.25) is 0 Å². The van der Waals surface area contributed by atoms with Gasteiger partial charge in [0.2, 0.25) is 0 Å². The molecule has 0 atom stereocenters. The Hall–Kier alpha value is -0.770. The Balaban J connectivity index is 2.32. The summed E-state index contributed by atoms with van der Waals surface area (Å²) in [5.41, 5.74) is 6.58. The maximum Gasteiger partial charge on any atom is 0.134 e. The zero-order valence-corrected chi connectivity index (χ0v) is 9.04. The molecule has 0 unspecified atom stereocenters. The SMILES string of the molecule is NCC1(c2ccc(O)c(Cl)c2)CC(O)C1. The molecule has 0 radical (unpaired) electrons. The fourth-order valence-corrected chi connectivity index (χ4v) is 2.38. The molecule has 1 fully saturated rings. The van der Waals surface area contributed by atoms with E-state index < -0.39 is 0 Å². The standard InChI is InChI=1S/C11H14ClNO2/c12-9-3-7(1-2-10(9)15)11(6-13)4-8(14)5-11/h1-3,8,14-15H,4-6,13H2. The number of aliphatic hydroxyl groups excluding tert-OH is 1. The topological polar surface area (TPSA) is 66.5 Å². The van der Waals surface area contributed by atoms with Crippen LogP contribution in [-0.4, -0.2) is 22.9 Å². The average molecular weight is 228 g/mol. The van der Waals surface area contributed by atoms with Crippen molar-refractivity contribution in [2.24, 2.45) is 5.73 Å². The smallest absolute Gasteiger partial charge is 0.134 e. The molecule has 0 aromatic heterocycles. The predicted octanol–water partition coefficient (Wildman–Crippen LogP) is 1.40. The van der Waals surface area contributed by atoms with Crippen molar-refractivity contribution in [1.29, 1.82) is 0 Å². The summed E-state index contributed by atoms with van der Waals surface area (Å²) >= 11 is 5.84. The Bertz CT molecular complexity index is 375. The first kappa shape index (κ1) is 10.7. The molecule has 4 heteroatoms. The van der Waals surface area contributed by atoms with Gasteiger partial charge in [-0.05, 0) is 30.5 Å². The summed E-state index contributed by atoms with van der Waals surface area (Å²) < 4.78 is 0. The monoisotopic (exact) mass is 227 g/mol. The lowest BCUT2D eigenvalue weighted by molar-refractivity contribution is 0.0221. The summed E-state index contributed by atoms with van der Waals surface area (Å²) in [6, 6.07) is 5.12. The molecule has 0 saturated heterocycles. The summed E-state index contributed by atoms with van der Waals surface area (Å²) in [5.74, 6) is 0.0764. The van der Waals surface area contributed by atoms with Crippen molar-refractivity contribution in [1.82, 2.24) is 0 Å². The Labute approximate surface area is 93.5 Å². The van der Waals surface area contributed by atoms with Crippen LogP contribution in [0.15, 0.2) is 18.2 Å². The van der Waals surface area contributed by atoms with Gasteiger partial charge in [0.05, 0.1) is 11.1 Å². The van der Waals surface area contributed by atoms with Crippen LogP contribution >= 0.6 is 11.6 Å². The Kier molecular flexibility index (Phi) is 2.63. The molecule has 0 spiro atoms. The van der Waals surface area contributed by atoms with Gasteiger partial charge in [-0.1, -0.05) is 17.7 Å². The molecule has 4 N–H and O–H groups in total. The molecule has 1 saturated carbocycles. The van der Waals surface area contributed by atoms with Crippen LogP contribution in [0.2, 0.25) is 5.02 Å². The number of phenols is 1. The first-order chi connectivity index (χ1) is 7.07. The third kappa shape index (κ3) is 1.71. The van der Waals surface area contributed by atoms with Gasteiger partial charge < -0.3 is 15.9 Å². The summed E-state index contributed by atoms with van der Waals surface area (Å²) in [5, 5.41) is 19.0. The lowest BCUT2D eigenvalue weighted by atomic mass is 9.63. The summed E-state index contributed by atoms with van der Waals surface area (Å²) in [6.45, 7) is 0.491. The van der Waals surface area contributed by atoms with Crippen LogP contribution in [0.3, 0.4) is 0 Å². The van der Waals surface area contributed by atoms with Crippen LogP contribution in [0.4, 0.5) is 0 Å². The fraction of sp³-hybridized carbons (Fsp3) is 0.455. The summed E-state index contributed by atoms with van der Waals surface area (Å²) in [4.78, 5) is 0. The first-order valence-electron chi connectivity index (χ1n) is 4.94.